The minimum Gasteiger partial charge on any atom is -0.507 e. The molecule has 2 heteroatoms. The molecule has 80 valence electrons. The Morgan fingerprint density at radius 1 is 0.938 bits per heavy atom. The Kier molecular flexibility index (Phi) is 1.90. The Bertz CT molecular complexity index is 597. The first-order valence-corrected chi connectivity index (χ1v) is 5.38. The number of phenols is 2. The van der Waals surface area contributed by atoms with Crippen molar-refractivity contribution in [2.45, 2.75) is 12.8 Å². The Labute approximate surface area is 93.5 Å². The van der Waals surface area contributed by atoms with Gasteiger partial charge in [0.15, 0.2) is 0 Å². The maximum atomic E-state index is 10.2. The monoisotopic (exact) mass is 212 g/mol. The quantitative estimate of drug-likeness (QED) is 0.659. The smallest absolute Gasteiger partial charge is 0.127 e. The lowest BCUT2D eigenvalue weighted by molar-refractivity contribution is 0.471. The van der Waals surface area contributed by atoms with Crippen LogP contribution in [0.25, 0.3) is 10.8 Å². The summed E-state index contributed by atoms with van der Waals surface area (Å²) in [6, 6.07) is 7.21. The van der Waals surface area contributed by atoms with E-state index in [1.807, 2.05) is 12.1 Å². The highest BCUT2D eigenvalue weighted by molar-refractivity contribution is 5.94. The van der Waals surface area contributed by atoms with Gasteiger partial charge in [0.1, 0.15) is 11.5 Å². The highest BCUT2D eigenvalue weighted by Gasteiger charge is 2.14. The third-order valence-corrected chi connectivity index (χ3v) is 3.16. The van der Waals surface area contributed by atoms with Crippen LogP contribution >= 0.6 is 0 Å². The van der Waals surface area contributed by atoms with Gasteiger partial charge in [-0.05, 0) is 30.5 Å². The summed E-state index contributed by atoms with van der Waals surface area (Å²) in [5.74, 6) is 0.540. The molecule has 2 aromatic rings. The molecule has 0 spiro atoms. The number of hydrogen-bond acceptors (Lipinski definition) is 2. The molecule has 0 saturated carbocycles. The summed E-state index contributed by atoms with van der Waals surface area (Å²) in [5.41, 5.74) is 2.09. The third-order valence-electron chi connectivity index (χ3n) is 3.16. The van der Waals surface area contributed by atoms with Crippen molar-refractivity contribution in [2.75, 3.05) is 0 Å². The van der Waals surface area contributed by atoms with Crippen molar-refractivity contribution in [3.05, 3.63) is 47.5 Å². The molecular weight excluding hydrogens is 200 g/mol. The zero-order chi connectivity index (χ0) is 11.1. The van der Waals surface area contributed by atoms with Gasteiger partial charge in [0.25, 0.3) is 0 Å². The molecule has 1 aliphatic rings. The number of aromatic hydroxyl groups is 2. The lowest BCUT2D eigenvalue weighted by Gasteiger charge is -2.15. The van der Waals surface area contributed by atoms with E-state index < -0.39 is 0 Å². The number of phenolic OH excluding ortho intramolecular Hbond substituents is 2. The van der Waals surface area contributed by atoms with Crippen molar-refractivity contribution in [3.63, 3.8) is 0 Å². The van der Waals surface area contributed by atoms with Gasteiger partial charge in [-0.1, -0.05) is 24.3 Å². The minimum atomic E-state index is 0.227. The van der Waals surface area contributed by atoms with Gasteiger partial charge in [-0.3, -0.25) is 0 Å². The van der Waals surface area contributed by atoms with E-state index in [9.17, 15) is 10.2 Å². The molecule has 1 aliphatic carbocycles. The van der Waals surface area contributed by atoms with Crippen LogP contribution in [0.2, 0.25) is 0 Å². The van der Waals surface area contributed by atoms with Crippen LogP contribution in [-0.2, 0) is 12.8 Å². The van der Waals surface area contributed by atoms with Gasteiger partial charge in [0.2, 0.25) is 0 Å². The molecule has 0 radical (unpaired) electrons. The lowest BCUT2D eigenvalue weighted by atomic mass is 9.92. The molecule has 3 rings (SSSR count). The molecule has 0 amide bonds. The van der Waals surface area contributed by atoms with E-state index in [1.54, 1.807) is 12.1 Å². The Morgan fingerprint density at radius 2 is 1.75 bits per heavy atom. The maximum Gasteiger partial charge on any atom is 0.127 e. The van der Waals surface area contributed by atoms with Gasteiger partial charge in [-0.25, -0.2) is 0 Å². The number of fused-ring (bicyclic) bond motifs is 2. The molecule has 16 heavy (non-hydrogen) atoms. The Morgan fingerprint density at radius 3 is 2.62 bits per heavy atom. The van der Waals surface area contributed by atoms with Crippen molar-refractivity contribution in [1.29, 1.82) is 0 Å². The van der Waals surface area contributed by atoms with Crippen molar-refractivity contribution in [3.8, 4) is 11.5 Å². The van der Waals surface area contributed by atoms with Crippen LogP contribution in [-0.4, -0.2) is 10.2 Å². The lowest BCUT2D eigenvalue weighted by Crippen LogP contribution is -1.98. The highest BCUT2D eigenvalue weighted by atomic mass is 16.3. The molecular formula is C14H12O2. The molecule has 2 nitrogen and oxygen atoms in total. The van der Waals surface area contributed by atoms with Crippen LogP contribution in [0.4, 0.5) is 0 Å². The standard InChI is InChI=1S/C14H12O2/c15-13-7-3-6-11-12(13)8-9-4-1-2-5-10(9)14(11)16/h1-3,6-8,15-16H,4-5H2. The summed E-state index contributed by atoms with van der Waals surface area (Å²) in [4.78, 5) is 0. The van der Waals surface area contributed by atoms with Crippen LogP contribution in [0.3, 0.4) is 0 Å². The average molecular weight is 212 g/mol. The molecule has 0 unspecified atom stereocenters. The fourth-order valence-corrected chi connectivity index (χ4v) is 2.31. The van der Waals surface area contributed by atoms with Gasteiger partial charge in [0.05, 0.1) is 0 Å². The average Bonchev–Trinajstić information content (AvgIpc) is 2.31. The fraction of sp³-hybridized carbons (Fsp3) is 0.143. The van der Waals surface area contributed by atoms with Crippen LogP contribution in [0.1, 0.15) is 11.1 Å². The van der Waals surface area contributed by atoms with Crippen LogP contribution < -0.4 is 0 Å². The van der Waals surface area contributed by atoms with E-state index in [2.05, 4.69) is 12.2 Å². The predicted molar refractivity (Wildman–Crippen MR) is 63.8 cm³/mol. The van der Waals surface area contributed by atoms with Gasteiger partial charge in [-0.2, -0.15) is 0 Å². The summed E-state index contributed by atoms with van der Waals surface area (Å²) in [7, 11) is 0. The van der Waals surface area contributed by atoms with Crippen molar-refractivity contribution < 1.29 is 10.2 Å². The Balaban J connectivity index is 2.41. The van der Waals surface area contributed by atoms with E-state index in [0.29, 0.717) is 5.75 Å². The van der Waals surface area contributed by atoms with Gasteiger partial charge in [-0.15, -0.1) is 0 Å². The minimum absolute atomic E-state index is 0.227. The van der Waals surface area contributed by atoms with Crippen LogP contribution in [0.5, 0.6) is 11.5 Å². The molecule has 0 atom stereocenters. The zero-order valence-corrected chi connectivity index (χ0v) is 8.77. The number of allylic oxidation sites excluding steroid dienone is 2. The van der Waals surface area contributed by atoms with E-state index in [0.717, 1.165) is 34.7 Å². The van der Waals surface area contributed by atoms with Crippen molar-refractivity contribution in [1.82, 2.24) is 0 Å². The van der Waals surface area contributed by atoms with Crippen molar-refractivity contribution in [2.24, 2.45) is 0 Å². The largest absolute Gasteiger partial charge is 0.507 e. The molecule has 0 fully saturated rings. The number of rotatable bonds is 0. The second kappa shape index (κ2) is 3.27. The first-order valence-electron chi connectivity index (χ1n) is 5.38. The molecule has 0 heterocycles. The zero-order valence-electron chi connectivity index (χ0n) is 8.77. The molecule has 2 N–H and O–H groups in total. The second-order valence-corrected chi connectivity index (χ2v) is 4.11. The summed E-state index contributed by atoms with van der Waals surface area (Å²) < 4.78 is 0. The topological polar surface area (TPSA) is 40.5 Å². The number of hydrogen-bond donors (Lipinski definition) is 2. The predicted octanol–water partition coefficient (Wildman–Crippen LogP) is 2.91. The fourth-order valence-electron chi connectivity index (χ4n) is 2.31. The molecule has 0 aliphatic heterocycles. The number of benzene rings is 2. The van der Waals surface area contributed by atoms with Gasteiger partial charge in [0, 0.05) is 16.3 Å². The second-order valence-electron chi connectivity index (χ2n) is 4.11. The molecule has 0 bridgehead atoms. The maximum absolute atomic E-state index is 10.2. The molecule has 0 aromatic heterocycles. The molecule has 0 saturated heterocycles. The van der Waals surface area contributed by atoms with Crippen LogP contribution in [0.15, 0.2) is 36.4 Å². The normalized spacial score (nSPS) is 14.0. The van der Waals surface area contributed by atoms with E-state index >= 15 is 0 Å². The van der Waals surface area contributed by atoms with Gasteiger partial charge >= 0.3 is 0 Å². The summed E-state index contributed by atoms with van der Waals surface area (Å²) >= 11 is 0. The summed E-state index contributed by atoms with van der Waals surface area (Å²) in [6.45, 7) is 0. The SMILES string of the molecule is Oc1cccc2c(O)c3c(cc12)CC=CC3. The Hall–Kier alpha value is -1.96. The van der Waals surface area contributed by atoms with Gasteiger partial charge < -0.3 is 10.2 Å². The summed E-state index contributed by atoms with van der Waals surface area (Å²) in [6.07, 6.45) is 5.75. The highest BCUT2D eigenvalue weighted by Crippen LogP contribution is 2.37. The first-order chi connectivity index (χ1) is 7.77. The van der Waals surface area contributed by atoms with Crippen LogP contribution in [0, 0.1) is 0 Å². The van der Waals surface area contributed by atoms with Crippen molar-refractivity contribution >= 4 is 10.8 Å². The first kappa shape index (κ1) is 9.28. The van der Waals surface area contributed by atoms with E-state index in [4.69, 9.17) is 0 Å². The third kappa shape index (κ3) is 1.20. The van der Waals surface area contributed by atoms with E-state index in [-0.39, 0.29) is 5.75 Å². The summed E-state index contributed by atoms with van der Waals surface area (Å²) in [5, 5.41) is 21.4. The molecule has 2 aromatic carbocycles. The van der Waals surface area contributed by atoms with E-state index in [1.165, 1.54) is 0 Å².